The number of hydrogen-bond acceptors (Lipinski definition) is 5. The largest absolute Gasteiger partial charge is 0.492 e. The lowest BCUT2D eigenvalue weighted by Crippen LogP contribution is -2.31. The first-order valence-corrected chi connectivity index (χ1v) is 8.67. The summed E-state index contributed by atoms with van der Waals surface area (Å²) in [5, 5.41) is 13.3. The lowest BCUT2D eigenvalue weighted by atomic mass is 9.91. The van der Waals surface area contributed by atoms with E-state index < -0.39 is 5.97 Å². The highest BCUT2D eigenvalue weighted by Gasteiger charge is 2.24. The van der Waals surface area contributed by atoms with Crippen LogP contribution in [0.1, 0.15) is 43.2 Å². The van der Waals surface area contributed by atoms with E-state index in [0.29, 0.717) is 29.0 Å². The Hall–Kier alpha value is -2.76. The number of rotatable bonds is 8. The summed E-state index contributed by atoms with van der Waals surface area (Å²) in [5.74, 6) is -0.576. The maximum absolute atomic E-state index is 11.5. The van der Waals surface area contributed by atoms with Gasteiger partial charge in [-0.05, 0) is 25.5 Å². The summed E-state index contributed by atoms with van der Waals surface area (Å²) in [6.07, 6.45) is 1.01. The standard InChI is InChI=1S/C20H27N3O3/c1-6-10-22-13(3)20(4,5)11-26-15-9-7-8-14-17(15)18(21)16(19(24)25)12(2)23-14/h7-9,22H,3,6,10-11H2,1-2,4-5H3,(H2,21,23)(H,24,25). The first-order chi connectivity index (χ1) is 12.2. The molecule has 0 amide bonds. The summed E-state index contributed by atoms with van der Waals surface area (Å²) in [7, 11) is 0. The Labute approximate surface area is 154 Å². The van der Waals surface area contributed by atoms with Crippen LogP contribution in [-0.4, -0.2) is 29.2 Å². The van der Waals surface area contributed by atoms with Crippen LogP contribution in [-0.2, 0) is 0 Å². The van der Waals surface area contributed by atoms with Gasteiger partial charge in [-0.2, -0.15) is 0 Å². The molecule has 140 valence electrons. The maximum atomic E-state index is 11.5. The van der Waals surface area contributed by atoms with Crippen molar-refractivity contribution in [2.75, 3.05) is 18.9 Å². The highest BCUT2D eigenvalue weighted by Crippen LogP contribution is 2.34. The third-order valence-electron chi connectivity index (χ3n) is 4.40. The molecule has 0 fully saturated rings. The monoisotopic (exact) mass is 357 g/mol. The number of nitrogens with zero attached hydrogens (tertiary/aromatic N) is 1. The lowest BCUT2D eigenvalue weighted by molar-refractivity contribution is 0.0697. The van der Waals surface area contributed by atoms with Crippen LogP contribution in [0, 0.1) is 12.3 Å². The molecule has 0 saturated carbocycles. The number of carboxylic acid groups (broad SMARTS) is 1. The van der Waals surface area contributed by atoms with E-state index >= 15 is 0 Å². The molecule has 6 nitrogen and oxygen atoms in total. The van der Waals surface area contributed by atoms with Crippen LogP contribution in [0.2, 0.25) is 0 Å². The third-order valence-corrected chi connectivity index (χ3v) is 4.40. The van der Waals surface area contributed by atoms with Crippen LogP contribution in [0.4, 0.5) is 5.69 Å². The van der Waals surface area contributed by atoms with Gasteiger partial charge in [0.15, 0.2) is 0 Å². The molecular formula is C20H27N3O3. The second-order valence-corrected chi connectivity index (χ2v) is 7.02. The molecule has 0 spiro atoms. The van der Waals surface area contributed by atoms with Crippen molar-refractivity contribution in [2.24, 2.45) is 5.41 Å². The fourth-order valence-corrected chi connectivity index (χ4v) is 2.69. The number of ether oxygens (including phenoxy) is 1. The van der Waals surface area contributed by atoms with E-state index in [1.807, 2.05) is 19.9 Å². The van der Waals surface area contributed by atoms with Crippen molar-refractivity contribution < 1.29 is 14.6 Å². The summed E-state index contributed by atoms with van der Waals surface area (Å²) in [4.78, 5) is 15.9. The molecule has 6 heteroatoms. The number of pyridine rings is 1. The fraction of sp³-hybridized carbons (Fsp3) is 0.400. The smallest absolute Gasteiger partial charge is 0.339 e. The zero-order valence-corrected chi connectivity index (χ0v) is 15.8. The second-order valence-electron chi connectivity index (χ2n) is 7.02. The zero-order chi connectivity index (χ0) is 19.5. The van der Waals surface area contributed by atoms with Gasteiger partial charge in [0, 0.05) is 17.7 Å². The van der Waals surface area contributed by atoms with E-state index in [1.165, 1.54) is 0 Å². The van der Waals surface area contributed by atoms with Crippen LogP contribution in [0.3, 0.4) is 0 Å². The Kier molecular flexibility index (Phi) is 5.75. The minimum absolute atomic E-state index is 0.0156. The van der Waals surface area contributed by atoms with Crippen molar-refractivity contribution in [2.45, 2.75) is 34.1 Å². The van der Waals surface area contributed by atoms with Crippen molar-refractivity contribution in [3.05, 3.63) is 41.7 Å². The van der Waals surface area contributed by atoms with Gasteiger partial charge in [0.25, 0.3) is 0 Å². The number of nitrogens with two attached hydrogens (primary N) is 1. The minimum Gasteiger partial charge on any atom is -0.492 e. The van der Waals surface area contributed by atoms with Crippen LogP contribution in [0.15, 0.2) is 30.5 Å². The Morgan fingerprint density at radius 1 is 1.42 bits per heavy atom. The van der Waals surface area contributed by atoms with E-state index in [9.17, 15) is 9.90 Å². The number of hydrogen-bond donors (Lipinski definition) is 3. The molecule has 4 N–H and O–H groups in total. The number of benzene rings is 1. The second kappa shape index (κ2) is 7.64. The summed E-state index contributed by atoms with van der Waals surface area (Å²) in [6, 6.07) is 5.39. The molecule has 0 aliphatic heterocycles. The van der Waals surface area contributed by atoms with E-state index in [0.717, 1.165) is 18.7 Å². The third kappa shape index (κ3) is 3.90. The van der Waals surface area contributed by atoms with Crippen LogP contribution < -0.4 is 15.8 Å². The van der Waals surface area contributed by atoms with Gasteiger partial charge in [-0.3, -0.25) is 4.98 Å². The van der Waals surface area contributed by atoms with Crippen LogP contribution in [0.25, 0.3) is 10.9 Å². The molecule has 0 unspecified atom stereocenters. The van der Waals surface area contributed by atoms with Crippen molar-refractivity contribution in [1.29, 1.82) is 0 Å². The Morgan fingerprint density at radius 3 is 2.73 bits per heavy atom. The molecule has 0 bridgehead atoms. The molecule has 26 heavy (non-hydrogen) atoms. The molecular weight excluding hydrogens is 330 g/mol. The highest BCUT2D eigenvalue weighted by molar-refractivity contribution is 6.06. The maximum Gasteiger partial charge on any atom is 0.339 e. The number of fused-ring (bicyclic) bond motifs is 1. The van der Waals surface area contributed by atoms with Gasteiger partial charge in [0.1, 0.15) is 11.3 Å². The summed E-state index contributed by atoms with van der Waals surface area (Å²) in [5.41, 5.74) is 7.94. The van der Waals surface area contributed by atoms with E-state index in [4.69, 9.17) is 10.5 Å². The van der Waals surface area contributed by atoms with Gasteiger partial charge < -0.3 is 20.9 Å². The summed E-state index contributed by atoms with van der Waals surface area (Å²) in [6.45, 7) is 13.1. The average molecular weight is 357 g/mol. The van der Waals surface area contributed by atoms with Crippen molar-refractivity contribution in [1.82, 2.24) is 10.3 Å². The van der Waals surface area contributed by atoms with Gasteiger partial charge in [-0.1, -0.05) is 33.4 Å². The van der Waals surface area contributed by atoms with Crippen LogP contribution in [0.5, 0.6) is 5.75 Å². The van der Waals surface area contributed by atoms with Gasteiger partial charge >= 0.3 is 5.97 Å². The minimum atomic E-state index is -1.10. The number of nitrogens with one attached hydrogen (secondary N) is 1. The Morgan fingerprint density at radius 2 is 2.12 bits per heavy atom. The molecule has 1 aromatic carbocycles. The lowest BCUT2D eigenvalue weighted by Gasteiger charge is -2.28. The normalized spacial score (nSPS) is 11.4. The molecule has 0 aliphatic rings. The van der Waals surface area contributed by atoms with E-state index in [1.54, 1.807) is 19.1 Å². The van der Waals surface area contributed by atoms with Crippen molar-refractivity contribution in [3.63, 3.8) is 0 Å². The number of carboxylic acids is 1. The van der Waals surface area contributed by atoms with Gasteiger partial charge in [-0.25, -0.2) is 4.79 Å². The molecule has 0 aliphatic carbocycles. The van der Waals surface area contributed by atoms with E-state index in [2.05, 4.69) is 23.8 Å². The van der Waals surface area contributed by atoms with Gasteiger partial charge in [0.2, 0.25) is 0 Å². The molecule has 2 aromatic rings. The number of aromatic nitrogens is 1. The number of carbonyl (C=O) groups is 1. The number of aromatic carboxylic acids is 1. The predicted octanol–water partition coefficient (Wildman–Crippen LogP) is 3.74. The molecule has 0 saturated heterocycles. The first-order valence-electron chi connectivity index (χ1n) is 8.67. The average Bonchev–Trinajstić information content (AvgIpc) is 2.57. The topological polar surface area (TPSA) is 97.5 Å². The fourth-order valence-electron chi connectivity index (χ4n) is 2.69. The Bertz CT molecular complexity index is 844. The first kappa shape index (κ1) is 19.6. The highest BCUT2D eigenvalue weighted by atomic mass is 16.5. The van der Waals surface area contributed by atoms with Crippen molar-refractivity contribution in [3.8, 4) is 5.75 Å². The quantitative estimate of drug-likeness (QED) is 0.666. The molecule has 2 rings (SSSR count). The van der Waals surface area contributed by atoms with Crippen molar-refractivity contribution >= 4 is 22.6 Å². The predicted molar refractivity (Wildman–Crippen MR) is 105 cm³/mol. The number of aryl methyl sites for hydroxylation is 1. The number of nitrogen functional groups attached to an aromatic ring is 1. The molecule has 0 atom stereocenters. The van der Waals surface area contributed by atoms with Gasteiger partial charge in [-0.15, -0.1) is 0 Å². The van der Waals surface area contributed by atoms with E-state index in [-0.39, 0.29) is 16.7 Å². The van der Waals surface area contributed by atoms with Gasteiger partial charge in [0.05, 0.1) is 28.9 Å². The Balaban J connectivity index is 2.37. The summed E-state index contributed by atoms with van der Waals surface area (Å²) < 4.78 is 6.03. The SMILES string of the molecule is C=C(NCCC)C(C)(C)COc1cccc2nc(C)c(C(=O)O)c(N)c12. The summed E-state index contributed by atoms with van der Waals surface area (Å²) >= 11 is 0. The zero-order valence-electron chi connectivity index (χ0n) is 15.8. The molecule has 0 radical (unpaired) electrons. The number of anilines is 1. The van der Waals surface area contributed by atoms with Crippen LogP contribution >= 0.6 is 0 Å². The molecule has 1 aromatic heterocycles. The molecule has 1 heterocycles.